The van der Waals surface area contributed by atoms with Crippen LogP contribution in [0.1, 0.15) is 30.1 Å². The highest BCUT2D eigenvalue weighted by atomic mass is 16.5. The molecule has 1 aromatic rings. The lowest BCUT2D eigenvalue weighted by atomic mass is 9.84. The van der Waals surface area contributed by atoms with E-state index in [9.17, 15) is 4.79 Å². The Balaban J connectivity index is 1.70. The Bertz CT molecular complexity index is 481. The number of carbonyl (C=O) groups excluding carboxylic acids is 1. The van der Waals surface area contributed by atoms with Gasteiger partial charge in [0.2, 0.25) is 0 Å². The lowest BCUT2D eigenvalue weighted by molar-refractivity contribution is 0.0618. The molecule has 0 radical (unpaired) electrons. The van der Waals surface area contributed by atoms with Crippen LogP contribution in [-0.2, 0) is 0 Å². The molecule has 4 nitrogen and oxygen atoms in total. The summed E-state index contributed by atoms with van der Waals surface area (Å²) < 4.78 is 5.54. The summed E-state index contributed by atoms with van der Waals surface area (Å²) in [5.41, 5.74) is 0.644. The highest BCUT2D eigenvalue weighted by Gasteiger charge is 2.35. The monoisotopic (exact) mass is 274 g/mol. The summed E-state index contributed by atoms with van der Waals surface area (Å²) in [6, 6.07) is 7.76. The van der Waals surface area contributed by atoms with Crippen molar-refractivity contribution in [3.63, 3.8) is 0 Å². The predicted octanol–water partition coefficient (Wildman–Crippen LogP) is 1.91. The third-order valence-corrected chi connectivity index (χ3v) is 4.40. The van der Waals surface area contributed by atoms with Gasteiger partial charge in [0, 0.05) is 12.6 Å². The standard InChI is InChI=1S/C16H22N2O2/c1-2-20-15-6-4-3-5-13(15)16(19)17-14-11-18-9-7-12(14)8-10-18/h3-6,12,14H,2,7-11H2,1H3,(H,17,19)/t14-/m1/s1. The Hall–Kier alpha value is -1.55. The van der Waals surface area contributed by atoms with Gasteiger partial charge in [0.25, 0.3) is 5.91 Å². The first kappa shape index (κ1) is 13.4. The van der Waals surface area contributed by atoms with Gasteiger partial charge in [-0.2, -0.15) is 0 Å². The zero-order valence-electron chi connectivity index (χ0n) is 12.0. The number of nitrogens with zero attached hydrogens (tertiary/aromatic N) is 1. The smallest absolute Gasteiger partial charge is 0.255 e. The van der Waals surface area contributed by atoms with Crippen LogP contribution >= 0.6 is 0 Å². The zero-order valence-corrected chi connectivity index (χ0v) is 12.0. The first-order valence-electron chi connectivity index (χ1n) is 7.53. The number of fused-ring (bicyclic) bond motifs is 3. The largest absolute Gasteiger partial charge is 0.493 e. The van der Waals surface area contributed by atoms with Crippen molar-refractivity contribution < 1.29 is 9.53 Å². The molecule has 0 aliphatic carbocycles. The molecule has 3 aliphatic rings. The topological polar surface area (TPSA) is 41.6 Å². The van der Waals surface area contributed by atoms with Crippen molar-refractivity contribution in [2.24, 2.45) is 5.92 Å². The summed E-state index contributed by atoms with van der Waals surface area (Å²) in [5.74, 6) is 1.31. The minimum atomic E-state index is -0.00667. The van der Waals surface area contributed by atoms with Crippen LogP contribution in [0, 0.1) is 5.92 Å². The first-order valence-corrected chi connectivity index (χ1v) is 7.53. The number of benzene rings is 1. The van der Waals surface area contributed by atoms with Crippen LogP contribution in [0.5, 0.6) is 5.75 Å². The molecule has 0 spiro atoms. The van der Waals surface area contributed by atoms with Crippen LogP contribution in [0.2, 0.25) is 0 Å². The van der Waals surface area contributed by atoms with E-state index in [1.54, 1.807) is 0 Å². The fourth-order valence-electron chi connectivity index (χ4n) is 3.31. The third-order valence-electron chi connectivity index (χ3n) is 4.40. The van der Waals surface area contributed by atoms with Crippen molar-refractivity contribution in [2.75, 3.05) is 26.2 Å². The highest BCUT2D eigenvalue weighted by Crippen LogP contribution is 2.28. The molecule has 3 fully saturated rings. The lowest BCUT2D eigenvalue weighted by Gasteiger charge is -2.44. The number of rotatable bonds is 4. The highest BCUT2D eigenvalue weighted by molar-refractivity contribution is 5.97. The maximum absolute atomic E-state index is 12.5. The average Bonchev–Trinajstić information content (AvgIpc) is 2.49. The van der Waals surface area contributed by atoms with Gasteiger partial charge in [-0.25, -0.2) is 0 Å². The molecule has 1 atom stereocenters. The van der Waals surface area contributed by atoms with E-state index in [0.717, 1.165) is 6.54 Å². The van der Waals surface area contributed by atoms with Gasteiger partial charge in [0.15, 0.2) is 0 Å². The minimum absolute atomic E-state index is 0.00667. The van der Waals surface area contributed by atoms with Gasteiger partial charge in [0.05, 0.1) is 12.2 Å². The van der Waals surface area contributed by atoms with E-state index in [1.165, 1.54) is 25.9 Å². The van der Waals surface area contributed by atoms with Gasteiger partial charge in [-0.1, -0.05) is 12.1 Å². The second-order valence-corrected chi connectivity index (χ2v) is 5.65. The molecule has 108 valence electrons. The summed E-state index contributed by atoms with van der Waals surface area (Å²) in [7, 11) is 0. The predicted molar refractivity (Wildman–Crippen MR) is 78.0 cm³/mol. The molecule has 2 bridgehead atoms. The molecular formula is C16H22N2O2. The molecule has 1 amide bonds. The van der Waals surface area contributed by atoms with Crippen molar-refractivity contribution in [3.05, 3.63) is 29.8 Å². The van der Waals surface area contributed by atoms with E-state index < -0.39 is 0 Å². The van der Waals surface area contributed by atoms with Crippen molar-refractivity contribution in [3.8, 4) is 5.75 Å². The third kappa shape index (κ3) is 2.66. The number of hydrogen-bond donors (Lipinski definition) is 1. The van der Waals surface area contributed by atoms with E-state index in [-0.39, 0.29) is 5.91 Å². The molecule has 0 saturated carbocycles. The van der Waals surface area contributed by atoms with Crippen molar-refractivity contribution >= 4 is 5.91 Å². The first-order chi connectivity index (χ1) is 9.78. The van der Waals surface area contributed by atoms with Gasteiger partial charge in [-0.05, 0) is 50.9 Å². The van der Waals surface area contributed by atoms with Gasteiger partial charge < -0.3 is 15.0 Å². The quantitative estimate of drug-likeness (QED) is 0.912. The lowest BCUT2D eigenvalue weighted by Crippen LogP contribution is -2.57. The number of para-hydroxylation sites is 1. The molecule has 4 heteroatoms. The molecule has 20 heavy (non-hydrogen) atoms. The van der Waals surface area contributed by atoms with E-state index in [2.05, 4.69) is 10.2 Å². The van der Waals surface area contributed by atoms with Crippen molar-refractivity contribution in [2.45, 2.75) is 25.8 Å². The molecule has 0 unspecified atom stereocenters. The van der Waals surface area contributed by atoms with Crippen molar-refractivity contribution in [1.82, 2.24) is 10.2 Å². The fourth-order valence-corrected chi connectivity index (χ4v) is 3.31. The number of amides is 1. The van der Waals surface area contributed by atoms with E-state index >= 15 is 0 Å². The SMILES string of the molecule is CCOc1ccccc1C(=O)N[C@@H]1CN2CCC1CC2. The van der Waals surface area contributed by atoms with Crippen molar-refractivity contribution in [1.29, 1.82) is 0 Å². The zero-order chi connectivity index (χ0) is 13.9. The maximum Gasteiger partial charge on any atom is 0.255 e. The summed E-state index contributed by atoms with van der Waals surface area (Å²) in [5, 5.41) is 3.20. The number of ether oxygens (including phenoxy) is 1. The Morgan fingerprint density at radius 1 is 1.35 bits per heavy atom. The molecule has 0 aromatic heterocycles. The summed E-state index contributed by atoms with van der Waals surface area (Å²) >= 11 is 0. The summed E-state index contributed by atoms with van der Waals surface area (Å²) in [6.45, 7) is 5.87. The average molecular weight is 274 g/mol. The van der Waals surface area contributed by atoms with Gasteiger partial charge in [0.1, 0.15) is 5.75 Å². The van der Waals surface area contributed by atoms with Crippen LogP contribution in [0.15, 0.2) is 24.3 Å². The second-order valence-electron chi connectivity index (χ2n) is 5.65. The van der Waals surface area contributed by atoms with Crippen LogP contribution in [0.4, 0.5) is 0 Å². The normalized spacial score (nSPS) is 28.1. The molecule has 1 N–H and O–H groups in total. The molecule has 4 rings (SSSR count). The Morgan fingerprint density at radius 2 is 2.10 bits per heavy atom. The number of carbonyl (C=O) groups is 1. The van der Waals surface area contributed by atoms with Gasteiger partial charge in [-0.15, -0.1) is 0 Å². The van der Waals surface area contributed by atoms with Crippen LogP contribution < -0.4 is 10.1 Å². The Morgan fingerprint density at radius 3 is 2.75 bits per heavy atom. The Kier molecular flexibility index (Phi) is 3.92. The van der Waals surface area contributed by atoms with Crippen LogP contribution in [-0.4, -0.2) is 43.1 Å². The summed E-state index contributed by atoms with van der Waals surface area (Å²) in [6.07, 6.45) is 2.41. The summed E-state index contributed by atoms with van der Waals surface area (Å²) in [4.78, 5) is 14.9. The molecule has 3 heterocycles. The van der Waals surface area contributed by atoms with E-state index in [1.807, 2.05) is 31.2 Å². The molecule has 1 aromatic carbocycles. The molecule has 3 saturated heterocycles. The number of nitrogens with one attached hydrogen (secondary N) is 1. The minimum Gasteiger partial charge on any atom is -0.493 e. The van der Waals surface area contributed by atoms with Gasteiger partial charge in [-0.3, -0.25) is 4.79 Å². The van der Waals surface area contributed by atoms with Crippen LogP contribution in [0.3, 0.4) is 0 Å². The van der Waals surface area contributed by atoms with E-state index in [0.29, 0.717) is 29.9 Å². The van der Waals surface area contributed by atoms with E-state index in [4.69, 9.17) is 4.74 Å². The maximum atomic E-state index is 12.5. The second kappa shape index (κ2) is 5.83. The van der Waals surface area contributed by atoms with Gasteiger partial charge >= 0.3 is 0 Å². The molecular weight excluding hydrogens is 252 g/mol. The fraction of sp³-hybridized carbons (Fsp3) is 0.562. The number of hydrogen-bond acceptors (Lipinski definition) is 3. The molecule has 3 aliphatic heterocycles. The number of piperidine rings is 3. The Labute approximate surface area is 120 Å². The van der Waals surface area contributed by atoms with Crippen LogP contribution in [0.25, 0.3) is 0 Å².